The number of rotatable bonds is 6. The third-order valence-electron chi connectivity index (χ3n) is 6.22. The van der Waals surface area contributed by atoms with Gasteiger partial charge in [0, 0.05) is 35.8 Å². The molecule has 0 saturated carbocycles. The molecule has 1 heterocycles. The van der Waals surface area contributed by atoms with Gasteiger partial charge in [-0.1, -0.05) is 48.0 Å². The van der Waals surface area contributed by atoms with E-state index in [1.54, 1.807) is 47.4 Å². The van der Waals surface area contributed by atoms with E-state index in [4.69, 9.17) is 0 Å². The Labute approximate surface area is 200 Å². The number of carbonyl (C=O) groups excluding carboxylic acids is 2. The van der Waals surface area contributed by atoms with Gasteiger partial charge in [0.15, 0.2) is 5.78 Å². The van der Waals surface area contributed by atoms with E-state index in [1.165, 1.54) is 12.1 Å². The van der Waals surface area contributed by atoms with Gasteiger partial charge in [0.1, 0.15) is 0 Å². The van der Waals surface area contributed by atoms with Crippen molar-refractivity contribution in [3.05, 3.63) is 95.1 Å². The molecule has 0 radical (unpaired) electrons. The lowest BCUT2D eigenvalue weighted by Gasteiger charge is -2.31. The lowest BCUT2D eigenvalue weighted by molar-refractivity contribution is 0.0650. The Morgan fingerprint density at radius 1 is 0.882 bits per heavy atom. The van der Waals surface area contributed by atoms with E-state index in [9.17, 15) is 18.0 Å². The van der Waals surface area contributed by atoms with Crippen molar-refractivity contribution >= 4 is 27.4 Å². The second-order valence-electron chi connectivity index (χ2n) is 8.75. The van der Waals surface area contributed by atoms with E-state index in [0.717, 1.165) is 16.7 Å². The van der Waals surface area contributed by atoms with Crippen LogP contribution in [0, 0.1) is 19.8 Å². The van der Waals surface area contributed by atoms with E-state index in [-0.39, 0.29) is 22.5 Å². The minimum absolute atomic E-state index is 0.102. The molecule has 0 spiro atoms. The maximum absolute atomic E-state index is 13.1. The number of piperidine rings is 1. The second-order valence-corrected chi connectivity index (χ2v) is 10.4. The smallest absolute Gasteiger partial charge is 0.261 e. The number of Topliss-reactive ketones (excluding diaryl/α,β-unsaturated/α-hetero) is 1. The van der Waals surface area contributed by atoms with Crippen LogP contribution in [0.2, 0.25) is 0 Å². The lowest BCUT2D eigenvalue weighted by Crippen LogP contribution is -2.40. The molecule has 1 saturated heterocycles. The highest BCUT2D eigenvalue weighted by Gasteiger charge is 2.29. The number of ketones is 1. The third kappa shape index (κ3) is 5.20. The Balaban J connectivity index is 1.41. The SMILES string of the molecule is Cc1ccc(C(=O)C2CCN(C(=O)c3cccc(NS(=O)(=O)c4ccccc4)c3)CC2)c(C)c1. The molecule has 0 bridgehead atoms. The summed E-state index contributed by atoms with van der Waals surface area (Å²) in [6, 6.07) is 20.5. The Hall–Kier alpha value is -3.45. The molecule has 0 unspecified atom stereocenters. The van der Waals surface area contributed by atoms with E-state index in [1.807, 2.05) is 32.0 Å². The van der Waals surface area contributed by atoms with Crippen molar-refractivity contribution < 1.29 is 18.0 Å². The number of hydrogen-bond acceptors (Lipinski definition) is 4. The van der Waals surface area contributed by atoms with Crippen LogP contribution in [0.15, 0.2) is 77.7 Å². The topological polar surface area (TPSA) is 83.6 Å². The van der Waals surface area contributed by atoms with Gasteiger partial charge in [-0.15, -0.1) is 0 Å². The molecule has 1 amide bonds. The number of sulfonamides is 1. The molecular weight excluding hydrogens is 448 g/mol. The molecular formula is C27H28N2O4S. The normalized spacial score (nSPS) is 14.6. The van der Waals surface area contributed by atoms with Crippen molar-refractivity contribution in [2.45, 2.75) is 31.6 Å². The van der Waals surface area contributed by atoms with Crippen molar-refractivity contribution in [1.29, 1.82) is 0 Å². The van der Waals surface area contributed by atoms with Crippen LogP contribution >= 0.6 is 0 Å². The van der Waals surface area contributed by atoms with Crippen LogP contribution < -0.4 is 4.72 Å². The molecule has 4 rings (SSSR count). The first-order valence-electron chi connectivity index (χ1n) is 11.3. The molecule has 34 heavy (non-hydrogen) atoms. The summed E-state index contributed by atoms with van der Waals surface area (Å²) in [6.07, 6.45) is 1.22. The van der Waals surface area contributed by atoms with Crippen molar-refractivity contribution in [1.82, 2.24) is 4.90 Å². The quantitative estimate of drug-likeness (QED) is 0.516. The highest BCUT2D eigenvalue weighted by molar-refractivity contribution is 7.92. The van der Waals surface area contributed by atoms with Crippen molar-refractivity contribution in [2.24, 2.45) is 5.92 Å². The summed E-state index contributed by atoms with van der Waals surface area (Å²) in [7, 11) is -3.74. The molecule has 0 atom stereocenters. The van der Waals surface area contributed by atoms with Gasteiger partial charge in [-0.05, 0) is 62.6 Å². The summed E-state index contributed by atoms with van der Waals surface area (Å²) < 4.78 is 27.7. The predicted molar refractivity (Wildman–Crippen MR) is 133 cm³/mol. The fraction of sp³-hybridized carbons (Fsp3) is 0.259. The molecule has 1 aliphatic rings. The van der Waals surface area contributed by atoms with Gasteiger partial charge in [0.25, 0.3) is 15.9 Å². The average molecular weight is 477 g/mol. The van der Waals surface area contributed by atoms with Gasteiger partial charge < -0.3 is 4.90 Å². The highest BCUT2D eigenvalue weighted by atomic mass is 32.2. The third-order valence-corrected chi connectivity index (χ3v) is 7.61. The van der Waals surface area contributed by atoms with Crippen molar-refractivity contribution in [3.8, 4) is 0 Å². The minimum Gasteiger partial charge on any atom is -0.339 e. The number of hydrogen-bond donors (Lipinski definition) is 1. The Kier molecular flexibility index (Phi) is 6.84. The molecule has 1 N–H and O–H groups in total. The molecule has 1 fully saturated rings. The summed E-state index contributed by atoms with van der Waals surface area (Å²) in [5.41, 5.74) is 3.61. The standard InChI is InChI=1S/C27H28N2O4S/c1-19-11-12-25(20(2)17-19)26(30)21-13-15-29(16-14-21)27(31)22-7-6-8-23(18-22)28-34(32,33)24-9-4-3-5-10-24/h3-12,17-18,21,28H,13-16H2,1-2H3. The molecule has 3 aromatic rings. The predicted octanol–water partition coefficient (Wildman–Crippen LogP) is 4.84. The number of nitrogens with zero attached hydrogens (tertiary/aromatic N) is 1. The average Bonchev–Trinajstić information content (AvgIpc) is 2.84. The summed E-state index contributed by atoms with van der Waals surface area (Å²) in [5, 5.41) is 0. The first-order valence-corrected chi connectivity index (χ1v) is 12.8. The van der Waals surface area contributed by atoms with Crippen LogP contribution in [0.4, 0.5) is 5.69 Å². The zero-order valence-electron chi connectivity index (χ0n) is 19.3. The molecule has 3 aromatic carbocycles. The van der Waals surface area contributed by atoms with Crippen molar-refractivity contribution in [3.63, 3.8) is 0 Å². The van der Waals surface area contributed by atoms with Gasteiger partial charge in [0.05, 0.1) is 4.90 Å². The first-order chi connectivity index (χ1) is 16.2. The molecule has 176 valence electrons. The van der Waals surface area contributed by atoms with Crippen LogP contribution in [0.3, 0.4) is 0 Å². The molecule has 6 nitrogen and oxygen atoms in total. The van der Waals surface area contributed by atoms with Gasteiger partial charge in [-0.3, -0.25) is 14.3 Å². The summed E-state index contributed by atoms with van der Waals surface area (Å²) in [5.74, 6) is -0.130. The fourth-order valence-corrected chi connectivity index (χ4v) is 5.44. The Bertz CT molecular complexity index is 1310. The zero-order valence-corrected chi connectivity index (χ0v) is 20.1. The Morgan fingerprint density at radius 2 is 1.59 bits per heavy atom. The number of aryl methyl sites for hydroxylation is 2. The van der Waals surface area contributed by atoms with Crippen molar-refractivity contribution in [2.75, 3.05) is 17.8 Å². The van der Waals surface area contributed by atoms with Crippen LogP contribution in [0.5, 0.6) is 0 Å². The van der Waals surface area contributed by atoms with E-state index in [2.05, 4.69) is 4.72 Å². The number of nitrogens with one attached hydrogen (secondary N) is 1. The van der Waals surface area contributed by atoms with Gasteiger partial charge >= 0.3 is 0 Å². The van der Waals surface area contributed by atoms with Crippen LogP contribution in [-0.2, 0) is 10.0 Å². The number of likely N-dealkylation sites (tertiary alicyclic amines) is 1. The van der Waals surface area contributed by atoms with Crippen LogP contribution in [-0.4, -0.2) is 38.1 Å². The fourth-order valence-electron chi connectivity index (χ4n) is 4.37. The number of anilines is 1. The van der Waals surface area contributed by atoms with Crippen LogP contribution in [0.25, 0.3) is 0 Å². The highest BCUT2D eigenvalue weighted by Crippen LogP contribution is 2.25. The first kappa shape index (κ1) is 23.7. The largest absolute Gasteiger partial charge is 0.339 e. The van der Waals surface area contributed by atoms with Crippen LogP contribution in [0.1, 0.15) is 44.7 Å². The number of amides is 1. The minimum atomic E-state index is -3.74. The van der Waals surface area contributed by atoms with E-state index in [0.29, 0.717) is 37.2 Å². The molecule has 1 aliphatic heterocycles. The van der Waals surface area contributed by atoms with Gasteiger partial charge in [0.2, 0.25) is 0 Å². The van der Waals surface area contributed by atoms with Gasteiger partial charge in [-0.2, -0.15) is 0 Å². The molecule has 0 aromatic heterocycles. The molecule has 0 aliphatic carbocycles. The Morgan fingerprint density at radius 3 is 2.26 bits per heavy atom. The second kappa shape index (κ2) is 9.81. The number of carbonyl (C=O) groups is 2. The summed E-state index contributed by atoms with van der Waals surface area (Å²) in [6.45, 7) is 4.94. The maximum atomic E-state index is 13.1. The van der Waals surface area contributed by atoms with E-state index >= 15 is 0 Å². The monoisotopic (exact) mass is 476 g/mol. The van der Waals surface area contributed by atoms with E-state index < -0.39 is 10.0 Å². The summed E-state index contributed by atoms with van der Waals surface area (Å²) in [4.78, 5) is 28.0. The number of benzene rings is 3. The lowest BCUT2D eigenvalue weighted by atomic mass is 9.87. The zero-order chi connectivity index (χ0) is 24.3. The summed E-state index contributed by atoms with van der Waals surface area (Å²) >= 11 is 0. The maximum Gasteiger partial charge on any atom is 0.261 e. The molecule has 7 heteroatoms. The van der Waals surface area contributed by atoms with Gasteiger partial charge in [-0.25, -0.2) is 8.42 Å².